The minimum absolute atomic E-state index is 0.0189. The van der Waals surface area contributed by atoms with E-state index in [0.717, 1.165) is 0 Å². The first-order chi connectivity index (χ1) is 12.2. The maximum Gasteiger partial charge on any atom is 0.331 e. The molecule has 0 bridgehead atoms. The Bertz CT molecular complexity index is 747. The van der Waals surface area contributed by atoms with Crippen molar-refractivity contribution in [2.75, 3.05) is 11.9 Å². The van der Waals surface area contributed by atoms with Gasteiger partial charge in [-0.3, -0.25) is 20.3 Å². The molecule has 2 N–H and O–H groups in total. The number of halogens is 1. The minimum Gasteiger partial charge on any atom is -0.464 e. The summed E-state index contributed by atoms with van der Waals surface area (Å²) in [4.78, 5) is 35.2. The van der Waals surface area contributed by atoms with Crippen LogP contribution in [0, 0.1) is 10.1 Å². The fraction of sp³-hybridized carbons (Fsp3) is 0.438. The Hall–Kier alpha value is -2.33. The SMILES string of the molecule is CCOC(=O)[C@@H]1NN=C(C(=O)[C@@](C)(O)CBr)[C@@H]1c1ccc([N+](=O)[O-])cc1. The first-order valence-corrected chi connectivity index (χ1v) is 8.92. The van der Waals surface area contributed by atoms with Crippen molar-refractivity contribution in [3.63, 3.8) is 0 Å². The smallest absolute Gasteiger partial charge is 0.331 e. The summed E-state index contributed by atoms with van der Waals surface area (Å²) in [6.45, 7) is 3.12. The number of hydrogen-bond acceptors (Lipinski definition) is 8. The summed E-state index contributed by atoms with van der Waals surface area (Å²) >= 11 is 3.08. The number of benzene rings is 1. The van der Waals surface area contributed by atoms with Crippen molar-refractivity contribution in [1.29, 1.82) is 0 Å². The Morgan fingerprint density at radius 3 is 2.54 bits per heavy atom. The number of ketones is 1. The van der Waals surface area contributed by atoms with Gasteiger partial charge in [0.15, 0.2) is 6.04 Å². The lowest BCUT2D eigenvalue weighted by Crippen LogP contribution is -2.45. The maximum atomic E-state index is 12.7. The topological polar surface area (TPSA) is 131 Å². The van der Waals surface area contributed by atoms with Crippen molar-refractivity contribution in [1.82, 2.24) is 5.43 Å². The molecule has 0 spiro atoms. The number of carbonyl (C=O) groups is 2. The highest BCUT2D eigenvalue weighted by molar-refractivity contribution is 9.09. The number of rotatable bonds is 7. The fourth-order valence-corrected chi connectivity index (χ4v) is 2.80. The van der Waals surface area contributed by atoms with E-state index in [-0.39, 0.29) is 23.3 Å². The summed E-state index contributed by atoms with van der Waals surface area (Å²) in [6.07, 6.45) is 0. The van der Waals surface area contributed by atoms with Crippen LogP contribution in [0.5, 0.6) is 0 Å². The van der Waals surface area contributed by atoms with Crippen LogP contribution in [-0.2, 0) is 14.3 Å². The summed E-state index contributed by atoms with van der Waals surface area (Å²) in [5, 5.41) is 25.0. The van der Waals surface area contributed by atoms with Crippen LogP contribution in [0.1, 0.15) is 25.3 Å². The third kappa shape index (κ3) is 3.91. The van der Waals surface area contributed by atoms with Gasteiger partial charge in [0.25, 0.3) is 5.69 Å². The lowest BCUT2D eigenvalue weighted by Gasteiger charge is -2.23. The highest BCUT2D eigenvalue weighted by Gasteiger charge is 2.46. The Labute approximate surface area is 157 Å². The quantitative estimate of drug-likeness (QED) is 0.290. The number of nitrogens with one attached hydrogen (secondary N) is 1. The average Bonchev–Trinajstić information content (AvgIpc) is 3.06. The number of nitrogens with zero attached hydrogens (tertiary/aromatic N) is 2. The van der Waals surface area contributed by atoms with Gasteiger partial charge in [-0.25, -0.2) is 4.79 Å². The van der Waals surface area contributed by atoms with Crippen LogP contribution in [0.4, 0.5) is 5.69 Å². The molecule has 2 rings (SSSR count). The number of nitro benzene ring substituents is 1. The number of carbonyl (C=O) groups excluding carboxylic acids is 2. The van der Waals surface area contributed by atoms with Crippen molar-refractivity contribution >= 4 is 39.1 Å². The van der Waals surface area contributed by atoms with E-state index in [1.807, 2.05) is 0 Å². The molecule has 0 saturated carbocycles. The van der Waals surface area contributed by atoms with Gasteiger partial charge in [-0.05, 0) is 19.4 Å². The van der Waals surface area contributed by atoms with Gasteiger partial charge in [0.05, 0.1) is 17.4 Å². The molecule has 10 heteroatoms. The van der Waals surface area contributed by atoms with Gasteiger partial charge < -0.3 is 9.84 Å². The molecule has 0 radical (unpaired) electrons. The maximum absolute atomic E-state index is 12.7. The lowest BCUT2D eigenvalue weighted by molar-refractivity contribution is -0.384. The number of ether oxygens (including phenoxy) is 1. The highest BCUT2D eigenvalue weighted by atomic mass is 79.9. The molecule has 0 saturated heterocycles. The Morgan fingerprint density at radius 2 is 2.04 bits per heavy atom. The van der Waals surface area contributed by atoms with Crippen LogP contribution in [0.25, 0.3) is 0 Å². The second-order valence-corrected chi connectivity index (χ2v) is 6.48. The first-order valence-electron chi connectivity index (χ1n) is 7.80. The van der Waals surface area contributed by atoms with Gasteiger partial charge in [0.1, 0.15) is 11.3 Å². The molecule has 0 aromatic heterocycles. The normalized spacial score (nSPS) is 21.3. The van der Waals surface area contributed by atoms with E-state index in [1.54, 1.807) is 6.92 Å². The Morgan fingerprint density at radius 1 is 1.42 bits per heavy atom. The summed E-state index contributed by atoms with van der Waals surface area (Å²) in [6, 6.07) is 4.49. The Kier molecular flexibility index (Phi) is 6.09. The lowest BCUT2D eigenvalue weighted by atomic mass is 9.83. The summed E-state index contributed by atoms with van der Waals surface area (Å²) in [5.41, 5.74) is 1.17. The van der Waals surface area contributed by atoms with Gasteiger partial charge in [-0.2, -0.15) is 5.10 Å². The molecule has 0 unspecified atom stereocenters. The number of Topliss-reactive ketones (excluding diaryl/α,β-unsaturated/α-hetero) is 1. The van der Waals surface area contributed by atoms with Crippen molar-refractivity contribution < 1.29 is 24.4 Å². The van der Waals surface area contributed by atoms with Crippen LogP contribution < -0.4 is 5.43 Å². The molecule has 1 heterocycles. The number of hydrazone groups is 1. The van der Waals surface area contributed by atoms with E-state index < -0.39 is 34.2 Å². The van der Waals surface area contributed by atoms with Crippen LogP contribution >= 0.6 is 15.9 Å². The van der Waals surface area contributed by atoms with Crippen LogP contribution in [-0.4, -0.2) is 51.1 Å². The van der Waals surface area contributed by atoms with Gasteiger partial charge in [0, 0.05) is 17.5 Å². The first kappa shape index (κ1) is 20.0. The number of hydrogen-bond donors (Lipinski definition) is 2. The molecule has 26 heavy (non-hydrogen) atoms. The van der Waals surface area contributed by atoms with Crippen molar-refractivity contribution in [3.05, 3.63) is 39.9 Å². The molecule has 1 aliphatic rings. The van der Waals surface area contributed by atoms with E-state index in [2.05, 4.69) is 26.5 Å². The molecule has 3 atom stereocenters. The van der Waals surface area contributed by atoms with E-state index in [9.17, 15) is 24.8 Å². The summed E-state index contributed by atoms with van der Waals surface area (Å²) < 4.78 is 5.01. The second kappa shape index (κ2) is 7.92. The number of esters is 1. The summed E-state index contributed by atoms with van der Waals surface area (Å²) in [7, 11) is 0. The standard InChI is InChI=1S/C16H18BrN3O6/c1-3-26-15(22)13-11(9-4-6-10(7-5-9)20(24)25)12(18-19-13)14(21)16(2,23)8-17/h4-7,11,13,19,23H,3,8H2,1-2H3/t11-,13+,16-/m0/s1. The summed E-state index contributed by atoms with van der Waals surface area (Å²) in [5.74, 6) is -2.11. The number of alkyl halides is 1. The molecule has 9 nitrogen and oxygen atoms in total. The molecule has 1 aliphatic heterocycles. The average molecular weight is 428 g/mol. The molecule has 0 amide bonds. The number of non-ortho nitro benzene ring substituents is 1. The number of nitro groups is 1. The molecule has 1 aromatic rings. The second-order valence-electron chi connectivity index (χ2n) is 5.92. The third-order valence-corrected chi connectivity index (χ3v) is 5.03. The molecular formula is C16H18BrN3O6. The molecule has 1 aromatic carbocycles. The van der Waals surface area contributed by atoms with Gasteiger partial charge >= 0.3 is 5.97 Å². The van der Waals surface area contributed by atoms with E-state index >= 15 is 0 Å². The Balaban J connectivity index is 2.43. The predicted molar refractivity (Wildman–Crippen MR) is 96.3 cm³/mol. The van der Waals surface area contributed by atoms with Crippen molar-refractivity contribution in [3.8, 4) is 0 Å². The van der Waals surface area contributed by atoms with Gasteiger partial charge in [-0.1, -0.05) is 28.1 Å². The van der Waals surface area contributed by atoms with Crippen molar-refractivity contribution in [2.24, 2.45) is 5.10 Å². The zero-order valence-corrected chi connectivity index (χ0v) is 15.7. The zero-order chi connectivity index (χ0) is 19.5. The fourth-order valence-electron chi connectivity index (χ4n) is 2.54. The van der Waals surface area contributed by atoms with E-state index in [0.29, 0.717) is 5.56 Å². The molecular weight excluding hydrogens is 410 g/mol. The molecule has 0 fully saturated rings. The highest BCUT2D eigenvalue weighted by Crippen LogP contribution is 2.30. The van der Waals surface area contributed by atoms with Gasteiger partial charge in [0.2, 0.25) is 5.78 Å². The molecule has 140 valence electrons. The van der Waals surface area contributed by atoms with Crippen molar-refractivity contribution in [2.45, 2.75) is 31.4 Å². The third-order valence-electron chi connectivity index (χ3n) is 3.94. The predicted octanol–water partition coefficient (Wildman–Crippen LogP) is 1.28. The number of aliphatic hydroxyl groups is 1. The van der Waals surface area contributed by atoms with E-state index in [4.69, 9.17) is 4.74 Å². The monoisotopic (exact) mass is 427 g/mol. The van der Waals surface area contributed by atoms with Gasteiger partial charge in [-0.15, -0.1) is 0 Å². The van der Waals surface area contributed by atoms with Crippen LogP contribution in [0.3, 0.4) is 0 Å². The minimum atomic E-state index is -1.72. The van der Waals surface area contributed by atoms with Crippen LogP contribution in [0.2, 0.25) is 0 Å². The zero-order valence-electron chi connectivity index (χ0n) is 14.1. The van der Waals surface area contributed by atoms with Crippen LogP contribution in [0.15, 0.2) is 29.4 Å². The largest absolute Gasteiger partial charge is 0.464 e. The molecule has 0 aliphatic carbocycles. The van der Waals surface area contributed by atoms with E-state index in [1.165, 1.54) is 31.2 Å².